The number of carbonyl (C=O) groups is 2. The molecular formula is C5H11NO6Zn. The molecule has 0 spiro atoms. The van der Waals surface area contributed by atoms with Crippen LogP contribution < -0.4 is 15.9 Å². The number of hydrogen-bond donors (Lipinski definition) is 1. The van der Waals surface area contributed by atoms with E-state index < -0.39 is 18.0 Å². The molecule has 6 N–H and O–H groups in total. The Morgan fingerprint density at radius 1 is 1.23 bits per heavy atom. The van der Waals surface area contributed by atoms with Crippen molar-refractivity contribution in [3.8, 4) is 0 Å². The Morgan fingerprint density at radius 3 is 1.85 bits per heavy atom. The van der Waals surface area contributed by atoms with E-state index in [-0.39, 0.29) is 43.3 Å². The molecular weight excluding hydrogens is 235 g/mol. The van der Waals surface area contributed by atoms with Crippen molar-refractivity contribution in [2.75, 3.05) is 0 Å². The predicted molar refractivity (Wildman–Crippen MR) is 34.5 cm³/mol. The van der Waals surface area contributed by atoms with Gasteiger partial charge in [0.2, 0.25) is 0 Å². The third-order valence-electron chi connectivity index (χ3n) is 0.962. The van der Waals surface area contributed by atoms with Crippen LogP contribution in [0, 0.1) is 0 Å². The second-order valence-electron chi connectivity index (χ2n) is 1.84. The number of nitrogens with two attached hydrogens (primary N) is 1. The first-order valence-corrected chi connectivity index (χ1v) is 2.70. The van der Waals surface area contributed by atoms with Crippen LogP contribution in [-0.4, -0.2) is 28.9 Å². The van der Waals surface area contributed by atoms with Crippen LogP contribution in [0.25, 0.3) is 0 Å². The molecule has 0 aromatic heterocycles. The van der Waals surface area contributed by atoms with Gasteiger partial charge < -0.3 is 36.5 Å². The zero-order valence-corrected chi connectivity index (χ0v) is 9.88. The van der Waals surface area contributed by atoms with Crippen molar-refractivity contribution < 1.29 is 50.2 Å². The minimum atomic E-state index is -1.44. The summed E-state index contributed by atoms with van der Waals surface area (Å²) in [7, 11) is 0. The van der Waals surface area contributed by atoms with Gasteiger partial charge in [-0.15, -0.1) is 0 Å². The molecule has 8 heteroatoms. The Morgan fingerprint density at radius 2 is 1.62 bits per heavy atom. The summed E-state index contributed by atoms with van der Waals surface area (Å²) in [5.74, 6) is -2.75. The van der Waals surface area contributed by atoms with Gasteiger partial charge in [-0.3, -0.25) is 0 Å². The summed E-state index contributed by atoms with van der Waals surface area (Å²) in [4.78, 5) is 19.6. The molecule has 1 atom stereocenters. The van der Waals surface area contributed by atoms with Gasteiger partial charge in [0.25, 0.3) is 0 Å². The molecule has 0 bridgehead atoms. The van der Waals surface area contributed by atoms with Gasteiger partial charge in [0, 0.05) is 12.0 Å². The maximum Gasteiger partial charge on any atom is 2.00 e. The van der Waals surface area contributed by atoms with E-state index in [9.17, 15) is 19.8 Å². The first-order valence-electron chi connectivity index (χ1n) is 2.70. The van der Waals surface area contributed by atoms with Crippen LogP contribution in [0.5, 0.6) is 0 Å². The van der Waals surface area contributed by atoms with Crippen molar-refractivity contribution in [3.63, 3.8) is 0 Å². The van der Waals surface area contributed by atoms with E-state index in [2.05, 4.69) is 0 Å². The fourth-order valence-electron chi connectivity index (χ4n) is 0.391. The minimum absolute atomic E-state index is 0. The average Bonchev–Trinajstić information content (AvgIpc) is 1.82. The SMILES string of the molecule is N[C@@H](CCC(=O)[O-])C(=O)[O-].O.O.[Zn+2]. The van der Waals surface area contributed by atoms with E-state index >= 15 is 0 Å². The molecule has 0 aromatic rings. The van der Waals surface area contributed by atoms with Crippen molar-refractivity contribution in [3.05, 3.63) is 0 Å². The van der Waals surface area contributed by atoms with E-state index in [1.165, 1.54) is 0 Å². The van der Waals surface area contributed by atoms with Crippen LogP contribution in [0.1, 0.15) is 12.8 Å². The van der Waals surface area contributed by atoms with E-state index in [1.54, 1.807) is 0 Å². The molecule has 0 amide bonds. The van der Waals surface area contributed by atoms with Crippen LogP contribution >= 0.6 is 0 Å². The van der Waals surface area contributed by atoms with E-state index in [1.807, 2.05) is 0 Å². The summed E-state index contributed by atoms with van der Waals surface area (Å²) in [6.07, 6.45) is -0.500. The van der Waals surface area contributed by atoms with Crippen molar-refractivity contribution >= 4 is 11.9 Å². The molecule has 0 heterocycles. The van der Waals surface area contributed by atoms with Crippen molar-refractivity contribution in [1.29, 1.82) is 0 Å². The van der Waals surface area contributed by atoms with Crippen LogP contribution in [0.4, 0.5) is 0 Å². The molecule has 0 saturated carbocycles. The van der Waals surface area contributed by atoms with Gasteiger partial charge in [0.1, 0.15) is 0 Å². The van der Waals surface area contributed by atoms with Crippen LogP contribution in [0.15, 0.2) is 0 Å². The molecule has 7 nitrogen and oxygen atoms in total. The fraction of sp³-hybridized carbons (Fsp3) is 0.600. The number of carboxylic acid groups (broad SMARTS) is 2. The summed E-state index contributed by atoms with van der Waals surface area (Å²) < 4.78 is 0. The Bertz CT molecular complexity index is 152. The number of aliphatic carboxylic acids is 2. The molecule has 0 saturated heterocycles. The van der Waals surface area contributed by atoms with E-state index in [0.717, 1.165) is 0 Å². The Labute approximate surface area is 87.3 Å². The minimum Gasteiger partial charge on any atom is -0.550 e. The molecule has 0 radical (unpaired) electrons. The molecule has 0 aliphatic heterocycles. The van der Waals surface area contributed by atoms with Crippen molar-refractivity contribution in [2.45, 2.75) is 18.9 Å². The number of hydrogen-bond acceptors (Lipinski definition) is 5. The van der Waals surface area contributed by atoms with Gasteiger partial charge >= 0.3 is 19.5 Å². The van der Waals surface area contributed by atoms with Gasteiger partial charge in [-0.05, 0) is 12.8 Å². The summed E-state index contributed by atoms with van der Waals surface area (Å²) in [5, 5.41) is 19.6. The van der Waals surface area contributed by atoms with Gasteiger partial charge in [0.05, 0.1) is 5.97 Å². The fourth-order valence-corrected chi connectivity index (χ4v) is 0.391. The Hall–Kier alpha value is -0.557. The van der Waals surface area contributed by atoms with Crippen molar-refractivity contribution in [2.24, 2.45) is 5.73 Å². The predicted octanol–water partition coefficient (Wildman–Crippen LogP) is -5.06. The number of rotatable bonds is 4. The smallest absolute Gasteiger partial charge is 0.550 e. The maximum atomic E-state index is 9.86. The third-order valence-corrected chi connectivity index (χ3v) is 0.962. The quantitative estimate of drug-likeness (QED) is 0.488. The van der Waals surface area contributed by atoms with Crippen molar-refractivity contribution in [1.82, 2.24) is 0 Å². The Kier molecular flexibility index (Phi) is 20.1. The summed E-state index contributed by atoms with van der Waals surface area (Å²) in [6.45, 7) is 0. The zero-order valence-electron chi connectivity index (χ0n) is 6.91. The molecule has 13 heavy (non-hydrogen) atoms. The first-order chi connectivity index (χ1) is 4.54. The molecule has 0 rings (SSSR count). The molecule has 0 aliphatic carbocycles. The van der Waals surface area contributed by atoms with Crippen LogP contribution in [-0.2, 0) is 29.1 Å². The topological polar surface area (TPSA) is 169 Å². The molecule has 74 valence electrons. The monoisotopic (exact) mass is 245 g/mol. The normalized spacial score (nSPS) is 9.62. The summed E-state index contributed by atoms with van der Waals surface area (Å²) in [6, 6.07) is -1.21. The average molecular weight is 247 g/mol. The van der Waals surface area contributed by atoms with E-state index in [0.29, 0.717) is 0 Å². The number of carbonyl (C=O) groups excluding carboxylic acids is 2. The third kappa shape index (κ3) is 14.3. The standard InChI is InChI=1S/C5H9NO4.2H2O.Zn/c6-3(5(9)10)1-2-4(7)8;;;/h3H,1-2,6H2,(H,7,8)(H,9,10);2*1H2;/q;;;+2/p-2/t3-;;;/m0.../s1. The van der Waals surface area contributed by atoms with Gasteiger partial charge in [-0.2, -0.15) is 0 Å². The largest absolute Gasteiger partial charge is 2.00 e. The summed E-state index contributed by atoms with van der Waals surface area (Å²) >= 11 is 0. The second kappa shape index (κ2) is 11.4. The zero-order chi connectivity index (χ0) is 8.15. The molecule has 0 aromatic carbocycles. The van der Waals surface area contributed by atoms with Gasteiger partial charge in [-0.1, -0.05) is 0 Å². The van der Waals surface area contributed by atoms with Gasteiger partial charge in [0.15, 0.2) is 0 Å². The molecule has 0 fully saturated rings. The molecule has 0 aliphatic rings. The van der Waals surface area contributed by atoms with Crippen LogP contribution in [0.2, 0.25) is 0 Å². The molecule has 0 unspecified atom stereocenters. The first kappa shape index (κ1) is 22.9. The maximum absolute atomic E-state index is 9.86. The Balaban J connectivity index is -0.000000135. The van der Waals surface area contributed by atoms with E-state index in [4.69, 9.17) is 5.73 Å². The second-order valence-corrected chi connectivity index (χ2v) is 1.84. The summed E-state index contributed by atoms with van der Waals surface area (Å²) in [5.41, 5.74) is 4.91. The van der Waals surface area contributed by atoms with Crippen LogP contribution in [0.3, 0.4) is 0 Å². The number of carboxylic acids is 2. The van der Waals surface area contributed by atoms with Gasteiger partial charge in [-0.25, -0.2) is 0 Å².